The third-order valence-electron chi connectivity index (χ3n) is 5.25. The molecule has 2 N–H and O–H groups in total. The third-order valence-corrected chi connectivity index (χ3v) is 5.25. The Hall–Kier alpha value is -2.66. The molecule has 0 saturated carbocycles. The lowest BCUT2D eigenvalue weighted by Crippen LogP contribution is -2.39. The summed E-state index contributed by atoms with van der Waals surface area (Å²) in [6.45, 7) is 0. The summed E-state index contributed by atoms with van der Waals surface area (Å²) in [7, 11) is 1.56. The number of aliphatic hydroxyl groups is 1. The van der Waals surface area contributed by atoms with Crippen LogP contribution in [0.15, 0.2) is 42.5 Å². The topological polar surface area (TPSA) is 75.6 Å². The Labute approximate surface area is 145 Å². The van der Waals surface area contributed by atoms with Crippen molar-refractivity contribution < 1.29 is 19.4 Å². The molecule has 1 amide bonds. The fourth-order valence-corrected chi connectivity index (χ4v) is 3.87. The molecule has 0 spiro atoms. The summed E-state index contributed by atoms with van der Waals surface area (Å²) >= 11 is 0. The Morgan fingerprint density at radius 2 is 2.04 bits per heavy atom. The smallest absolute Gasteiger partial charge is 0.261 e. The summed E-state index contributed by atoms with van der Waals surface area (Å²) in [4.78, 5) is 25.3. The minimum absolute atomic E-state index is 0.0363. The van der Waals surface area contributed by atoms with Gasteiger partial charge in [0.1, 0.15) is 5.75 Å². The van der Waals surface area contributed by atoms with Gasteiger partial charge in [0.25, 0.3) is 5.91 Å². The minimum atomic E-state index is -1.66. The molecule has 0 radical (unpaired) electrons. The fraction of sp³-hybridized carbons (Fsp3) is 0.300. The van der Waals surface area contributed by atoms with E-state index in [0.29, 0.717) is 29.0 Å². The molecule has 0 saturated heterocycles. The van der Waals surface area contributed by atoms with Crippen LogP contribution in [-0.4, -0.2) is 23.9 Å². The van der Waals surface area contributed by atoms with Crippen LogP contribution in [0.3, 0.4) is 0 Å². The second-order valence-corrected chi connectivity index (χ2v) is 6.69. The number of hydrogen-bond acceptors (Lipinski definition) is 4. The van der Waals surface area contributed by atoms with E-state index in [9.17, 15) is 14.7 Å². The summed E-state index contributed by atoms with van der Waals surface area (Å²) < 4.78 is 5.21. The highest BCUT2D eigenvalue weighted by Gasteiger charge is 2.48. The van der Waals surface area contributed by atoms with Gasteiger partial charge in [0.05, 0.1) is 7.11 Å². The third kappa shape index (κ3) is 2.43. The number of Topliss-reactive ketones (excluding diaryl/α,β-unsaturated/α-hetero) is 1. The van der Waals surface area contributed by atoms with E-state index in [4.69, 9.17) is 4.74 Å². The number of carbonyl (C=O) groups excluding carboxylic acids is 2. The monoisotopic (exact) mass is 337 g/mol. The number of aryl methyl sites for hydroxylation is 1. The SMILES string of the molecule is COc1ccc2c(c1)C(=O)C(CC1(O)C(=O)Nc3ccccc31)CC2. The average molecular weight is 337 g/mol. The van der Waals surface area contributed by atoms with Crippen molar-refractivity contribution in [1.82, 2.24) is 0 Å². The number of carbonyl (C=O) groups is 2. The van der Waals surface area contributed by atoms with Crippen LogP contribution < -0.4 is 10.1 Å². The van der Waals surface area contributed by atoms with Crippen LogP contribution in [0.5, 0.6) is 5.75 Å². The van der Waals surface area contributed by atoms with Gasteiger partial charge in [0.15, 0.2) is 11.4 Å². The Balaban J connectivity index is 1.66. The average Bonchev–Trinajstić information content (AvgIpc) is 2.88. The van der Waals surface area contributed by atoms with Gasteiger partial charge in [-0.25, -0.2) is 0 Å². The Morgan fingerprint density at radius 3 is 2.84 bits per heavy atom. The van der Waals surface area contributed by atoms with Gasteiger partial charge < -0.3 is 15.2 Å². The first kappa shape index (κ1) is 15.8. The molecule has 4 rings (SSSR count). The molecule has 1 aliphatic carbocycles. The van der Waals surface area contributed by atoms with Crippen molar-refractivity contribution in [2.75, 3.05) is 12.4 Å². The van der Waals surface area contributed by atoms with Crippen molar-refractivity contribution in [3.63, 3.8) is 0 Å². The summed E-state index contributed by atoms with van der Waals surface area (Å²) in [6.07, 6.45) is 1.45. The van der Waals surface area contributed by atoms with Crippen molar-refractivity contribution in [2.45, 2.75) is 24.9 Å². The molecule has 5 nitrogen and oxygen atoms in total. The minimum Gasteiger partial charge on any atom is -0.497 e. The van der Waals surface area contributed by atoms with Crippen LogP contribution in [0.2, 0.25) is 0 Å². The van der Waals surface area contributed by atoms with Gasteiger partial charge in [-0.15, -0.1) is 0 Å². The van der Waals surface area contributed by atoms with E-state index >= 15 is 0 Å². The zero-order valence-corrected chi connectivity index (χ0v) is 13.9. The predicted molar refractivity (Wildman–Crippen MR) is 92.7 cm³/mol. The molecular formula is C20H19NO4. The van der Waals surface area contributed by atoms with E-state index in [0.717, 1.165) is 12.0 Å². The van der Waals surface area contributed by atoms with Crippen LogP contribution in [-0.2, 0) is 16.8 Å². The number of fused-ring (bicyclic) bond motifs is 2. The first-order valence-corrected chi connectivity index (χ1v) is 8.37. The summed E-state index contributed by atoms with van der Waals surface area (Å²) in [6, 6.07) is 12.6. The van der Waals surface area contributed by atoms with E-state index in [-0.39, 0.29) is 12.2 Å². The van der Waals surface area contributed by atoms with Crippen molar-refractivity contribution in [3.8, 4) is 5.75 Å². The number of ketones is 1. The van der Waals surface area contributed by atoms with Crippen LogP contribution in [0, 0.1) is 5.92 Å². The Kier molecular flexibility index (Phi) is 3.62. The lowest BCUT2D eigenvalue weighted by atomic mass is 9.75. The van der Waals surface area contributed by atoms with Crippen LogP contribution in [0.1, 0.15) is 34.3 Å². The van der Waals surface area contributed by atoms with Gasteiger partial charge in [-0.2, -0.15) is 0 Å². The summed E-state index contributed by atoms with van der Waals surface area (Å²) in [5.41, 5.74) is 1.12. The maximum Gasteiger partial charge on any atom is 0.261 e. The number of ether oxygens (including phenoxy) is 1. The number of rotatable bonds is 3. The van der Waals surface area contributed by atoms with Gasteiger partial charge in [0.2, 0.25) is 0 Å². The van der Waals surface area contributed by atoms with Crippen LogP contribution in [0.4, 0.5) is 5.69 Å². The highest BCUT2D eigenvalue weighted by molar-refractivity contribution is 6.06. The number of hydrogen-bond donors (Lipinski definition) is 2. The quantitative estimate of drug-likeness (QED) is 0.903. The molecular weight excluding hydrogens is 318 g/mol. The maximum atomic E-state index is 12.9. The van der Waals surface area contributed by atoms with Crippen molar-refractivity contribution >= 4 is 17.4 Å². The number of benzene rings is 2. The molecule has 2 aromatic rings. The maximum absolute atomic E-state index is 12.9. The molecule has 2 unspecified atom stereocenters. The molecule has 0 fully saturated rings. The number of para-hydroxylation sites is 1. The van der Waals surface area contributed by atoms with Crippen molar-refractivity contribution in [2.24, 2.45) is 5.92 Å². The van der Waals surface area contributed by atoms with E-state index in [1.807, 2.05) is 12.1 Å². The highest BCUT2D eigenvalue weighted by atomic mass is 16.5. The molecule has 2 aliphatic rings. The van der Waals surface area contributed by atoms with Gasteiger partial charge in [0, 0.05) is 22.7 Å². The normalized spacial score (nSPS) is 24.5. The first-order chi connectivity index (χ1) is 12.0. The molecule has 1 heterocycles. The molecule has 2 aromatic carbocycles. The Morgan fingerprint density at radius 1 is 1.24 bits per heavy atom. The van der Waals surface area contributed by atoms with E-state index < -0.39 is 17.4 Å². The lowest BCUT2D eigenvalue weighted by molar-refractivity contribution is -0.135. The number of amides is 1. The molecule has 5 heteroatoms. The second kappa shape index (κ2) is 5.70. The zero-order valence-electron chi connectivity index (χ0n) is 13.9. The largest absolute Gasteiger partial charge is 0.497 e. The second-order valence-electron chi connectivity index (χ2n) is 6.69. The molecule has 0 aromatic heterocycles. The van der Waals surface area contributed by atoms with E-state index in [1.165, 1.54) is 0 Å². The molecule has 128 valence electrons. The summed E-state index contributed by atoms with van der Waals surface area (Å²) in [5.74, 6) is -0.263. The van der Waals surface area contributed by atoms with Crippen LogP contribution in [0.25, 0.3) is 0 Å². The fourth-order valence-electron chi connectivity index (χ4n) is 3.87. The molecule has 25 heavy (non-hydrogen) atoms. The molecule has 0 bridgehead atoms. The first-order valence-electron chi connectivity index (χ1n) is 8.37. The van der Waals surface area contributed by atoms with Gasteiger partial charge >= 0.3 is 0 Å². The van der Waals surface area contributed by atoms with E-state index in [2.05, 4.69) is 5.32 Å². The highest BCUT2D eigenvalue weighted by Crippen LogP contribution is 2.42. The summed E-state index contributed by atoms with van der Waals surface area (Å²) in [5, 5.41) is 13.8. The van der Waals surface area contributed by atoms with Gasteiger partial charge in [-0.3, -0.25) is 9.59 Å². The van der Waals surface area contributed by atoms with E-state index in [1.54, 1.807) is 37.4 Å². The van der Waals surface area contributed by atoms with Gasteiger partial charge in [-0.1, -0.05) is 24.3 Å². The molecule has 2 atom stereocenters. The number of anilines is 1. The molecule has 1 aliphatic heterocycles. The standard InChI is InChI=1S/C20H19NO4/c1-25-14-9-8-12-6-7-13(18(22)15(12)10-14)11-20(24)16-4-2-3-5-17(16)21-19(20)23/h2-5,8-10,13,24H,6-7,11H2,1H3,(H,21,23). The number of methoxy groups -OCH3 is 1. The number of nitrogens with one attached hydrogen (secondary N) is 1. The lowest BCUT2D eigenvalue weighted by Gasteiger charge is -2.29. The van der Waals surface area contributed by atoms with Gasteiger partial charge in [-0.05, 0) is 43.0 Å². The van der Waals surface area contributed by atoms with Crippen molar-refractivity contribution in [1.29, 1.82) is 0 Å². The van der Waals surface area contributed by atoms with Crippen LogP contribution >= 0.6 is 0 Å². The van der Waals surface area contributed by atoms with Crippen molar-refractivity contribution in [3.05, 3.63) is 59.2 Å². The Bertz CT molecular complexity index is 876. The zero-order chi connectivity index (χ0) is 17.6. The predicted octanol–water partition coefficient (Wildman–Crippen LogP) is 2.67.